The molecule has 0 atom stereocenters. The monoisotopic (exact) mass is 493 g/mol. The Kier molecular flexibility index (Phi) is 7.58. The van der Waals surface area contributed by atoms with E-state index in [4.69, 9.17) is 16.3 Å². The lowest BCUT2D eigenvalue weighted by molar-refractivity contribution is 0.102. The number of amides is 1. The van der Waals surface area contributed by atoms with Crippen molar-refractivity contribution in [2.75, 3.05) is 11.9 Å². The number of hydrogen-bond donors (Lipinski definition) is 1. The summed E-state index contributed by atoms with van der Waals surface area (Å²) in [4.78, 5) is 13.7. The van der Waals surface area contributed by atoms with Crippen LogP contribution >= 0.6 is 39.3 Å². The van der Waals surface area contributed by atoms with Gasteiger partial charge < -0.3 is 10.1 Å². The van der Waals surface area contributed by atoms with Gasteiger partial charge in [0.1, 0.15) is 11.6 Å². The molecule has 0 heterocycles. The van der Waals surface area contributed by atoms with E-state index in [-0.39, 0.29) is 11.6 Å². The molecule has 0 saturated carbocycles. The van der Waals surface area contributed by atoms with Crippen molar-refractivity contribution in [1.82, 2.24) is 0 Å². The molecule has 3 aromatic rings. The molecule has 1 N–H and O–H groups in total. The van der Waals surface area contributed by atoms with Gasteiger partial charge in [0.05, 0.1) is 12.3 Å². The smallest absolute Gasteiger partial charge is 0.255 e. The van der Waals surface area contributed by atoms with Crippen LogP contribution in [0.15, 0.2) is 70.0 Å². The third-order valence-electron chi connectivity index (χ3n) is 4.01. The van der Waals surface area contributed by atoms with Gasteiger partial charge in [0.15, 0.2) is 0 Å². The summed E-state index contributed by atoms with van der Waals surface area (Å²) in [5.41, 5.74) is 1.45. The first-order chi connectivity index (χ1) is 14.0. The Hall–Kier alpha value is -2.02. The van der Waals surface area contributed by atoms with E-state index in [2.05, 4.69) is 21.2 Å². The summed E-state index contributed by atoms with van der Waals surface area (Å²) in [5.74, 6) is 0.453. The first-order valence-electron chi connectivity index (χ1n) is 8.86. The van der Waals surface area contributed by atoms with Crippen molar-refractivity contribution in [1.29, 1.82) is 0 Å². The van der Waals surface area contributed by atoms with Gasteiger partial charge in [-0.15, -0.1) is 11.8 Å². The Labute approximate surface area is 186 Å². The largest absolute Gasteiger partial charge is 0.494 e. The number of nitrogens with one attached hydrogen (secondary N) is 1. The molecule has 0 aromatic heterocycles. The number of rotatable bonds is 7. The Morgan fingerprint density at radius 1 is 1.14 bits per heavy atom. The number of carbonyl (C=O) groups is 1. The van der Waals surface area contributed by atoms with Crippen LogP contribution in [0, 0.1) is 5.82 Å². The molecule has 0 unspecified atom stereocenters. The topological polar surface area (TPSA) is 38.3 Å². The summed E-state index contributed by atoms with van der Waals surface area (Å²) in [6.07, 6.45) is 0. The molecule has 0 aliphatic heterocycles. The van der Waals surface area contributed by atoms with Crippen LogP contribution < -0.4 is 10.1 Å². The Bertz CT molecular complexity index is 1010. The second-order valence-corrected chi connectivity index (χ2v) is 8.48. The van der Waals surface area contributed by atoms with Gasteiger partial charge in [-0.2, -0.15) is 0 Å². The van der Waals surface area contributed by atoms with E-state index in [1.54, 1.807) is 36.0 Å². The summed E-state index contributed by atoms with van der Waals surface area (Å²) in [7, 11) is 0. The first kappa shape index (κ1) is 21.7. The lowest BCUT2D eigenvalue weighted by Gasteiger charge is -2.13. The van der Waals surface area contributed by atoms with E-state index in [1.807, 2.05) is 31.2 Å². The highest BCUT2D eigenvalue weighted by molar-refractivity contribution is 9.10. The van der Waals surface area contributed by atoms with Crippen LogP contribution in [-0.4, -0.2) is 12.5 Å². The maximum absolute atomic E-state index is 14.0. The van der Waals surface area contributed by atoms with Crippen LogP contribution in [-0.2, 0) is 5.75 Å². The van der Waals surface area contributed by atoms with E-state index in [0.717, 1.165) is 16.2 Å². The Balaban J connectivity index is 1.79. The van der Waals surface area contributed by atoms with Crippen molar-refractivity contribution in [2.45, 2.75) is 17.6 Å². The van der Waals surface area contributed by atoms with E-state index < -0.39 is 5.82 Å². The Morgan fingerprint density at radius 3 is 2.59 bits per heavy atom. The van der Waals surface area contributed by atoms with Gasteiger partial charge in [0.2, 0.25) is 0 Å². The average molecular weight is 495 g/mol. The molecule has 0 fully saturated rings. The van der Waals surface area contributed by atoms with Crippen LogP contribution in [0.5, 0.6) is 5.75 Å². The number of carbonyl (C=O) groups excluding carboxylic acids is 1. The third kappa shape index (κ3) is 5.98. The van der Waals surface area contributed by atoms with E-state index in [0.29, 0.717) is 27.4 Å². The fraction of sp³-hybridized carbons (Fsp3) is 0.136. The van der Waals surface area contributed by atoms with Crippen LogP contribution in [0.2, 0.25) is 5.02 Å². The molecular formula is C22H18BrClFNO2S. The molecule has 3 aromatic carbocycles. The van der Waals surface area contributed by atoms with Crippen LogP contribution in [0.1, 0.15) is 22.8 Å². The van der Waals surface area contributed by atoms with Gasteiger partial charge in [-0.05, 0) is 67.6 Å². The lowest BCUT2D eigenvalue weighted by Crippen LogP contribution is -2.13. The SMILES string of the molecule is CCOc1ccc(C(=O)Nc2ccc(Br)cc2F)cc1CSc1ccc(Cl)cc1. The summed E-state index contributed by atoms with van der Waals surface area (Å²) in [5, 5.41) is 3.30. The van der Waals surface area contributed by atoms with Crippen LogP contribution in [0.25, 0.3) is 0 Å². The molecule has 3 nitrogen and oxygen atoms in total. The van der Waals surface area contributed by atoms with Crippen molar-refractivity contribution >= 4 is 50.9 Å². The number of halogens is 3. The minimum Gasteiger partial charge on any atom is -0.494 e. The first-order valence-corrected chi connectivity index (χ1v) is 11.0. The molecule has 29 heavy (non-hydrogen) atoms. The molecular weight excluding hydrogens is 477 g/mol. The molecule has 1 amide bonds. The molecule has 0 bridgehead atoms. The van der Waals surface area contributed by atoms with Gasteiger partial charge in [-0.3, -0.25) is 4.79 Å². The van der Waals surface area contributed by atoms with Gasteiger partial charge >= 0.3 is 0 Å². The number of ether oxygens (including phenoxy) is 1. The fourth-order valence-electron chi connectivity index (χ4n) is 2.61. The van der Waals surface area contributed by atoms with Gasteiger partial charge in [0.25, 0.3) is 5.91 Å². The lowest BCUT2D eigenvalue weighted by atomic mass is 10.1. The molecule has 150 valence electrons. The number of thioether (sulfide) groups is 1. The van der Waals surface area contributed by atoms with Gasteiger partial charge in [0, 0.05) is 31.3 Å². The molecule has 0 radical (unpaired) electrons. The van der Waals surface area contributed by atoms with E-state index in [9.17, 15) is 9.18 Å². The summed E-state index contributed by atoms with van der Waals surface area (Å²) in [6.45, 7) is 2.43. The van der Waals surface area contributed by atoms with E-state index in [1.165, 1.54) is 12.1 Å². The highest BCUT2D eigenvalue weighted by Crippen LogP contribution is 2.30. The van der Waals surface area contributed by atoms with Gasteiger partial charge in [-0.25, -0.2) is 4.39 Å². The molecule has 3 rings (SSSR count). The van der Waals surface area contributed by atoms with Gasteiger partial charge in [-0.1, -0.05) is 27.5 Å². The van der Waals surface area contributed by atoms with Crippen molar-refractivity contribution in [2.24, 2.45) is 0 Å². The molecule has 0 saturated heterocycles. The van der Waals surface area contributed by atoms with Crippen molar-refractivity contribution in [3.05, 3.63) is 87.1 Å². The summed E-state index contributed by atoms with van der Waals surface area (Å²) >= 11 is 10.8. The summed E-state index contributed by atoms with van der Waals surface area (Å²) < 4.78 is 20.3. The van der Waals surface area contributed by atoms with Crippen molar-refractivity contribution < 1.29 is 13.9 Å². The standard InChI is InChI=1S/C22H18BrClFNO2S/c1-2-28-21-10-3-14(22(27)26-20-9-4-16(23)12-19(20)25)11-15(21)13-29-18-7-5-17(24)6-8-18/h3-12H,2,13H2,1H3,(H,26,27). The summed E-state index contributed by atoms with van der Waals surface area (Å²) in [6, 6.07) is 17.3. The molecule has 7 heteroatoms. The Morgan fingerprint density at radius 2 is 1.90 bits per heavy atom. The maximum atomic E-state index is 14.0. The zero-order chi connectivity index (χ0) is 20.8. The second-order valence-electron chi connectivity index (χ2n) is 6.08. The molecule has 0 aliphatic rings. The van der Waals surface area contributed by atoms with Crippen LogP contribution in [0.3, 0.4) is 0 Å². The fourth-order valence-corrected chi connectivity index (χ4v) is 3.94. The predicted octanol–water partition coefficient (Wildman–Crippen LogP) is 7.18. The minimum atomic E-state index is -0.503. The molecule has 0 aliphatic carbocycles. The zero-order valence-corrected chi connectivity index (χ0v) is 18.7. The van der Waals surface area contributed by atoms with Crippen molar-refractivity contribution in [3.63, 3.8) is 0 Å². The highest BCUT2D eigenvalue weighted by atomic mass is 79.9. The van der Waals surface area contributed by atoms with E-state index >= 15 is 0 Å². The minimum absolute atomic E-state index is 0.129. The third-order valence-corrected chi connectivity index (χ3v) is 5.82. The average Bonchev–Trinajstić information content (AvgIpc) is 2.70. The zero-order valence-electron chi connectivity index (χ0n) is 15.5. The number of anilines is 1. The number of hydrogen-bond acceptors (Lipinski definition) is 3. The quantitative estimate of drug-likeness (QED) is 0.353. The van der Waals surface area contributed by atoms with Crippen molar-refractivity contribution in [3.8, 4) is 5.75 Å². The second kappa shape index (κ2) is 10.1. The maximum Gasteiger partial charge on any atom is 0.255 e. The van der Waals surface area contributed by atoms with Crippen LogP contribution in [0.4, 0.5) is 10.1 Å². The number of benzene rings is 3. The normalized spacial score (nSPS) is 10.6. The highest BCUT2D eigenvalue weighted by Gasteiger charge is 2.13. The predicted molar refractivity (Wildman–Crippen MR) is 121 cm³/mol. The molecule has 0 spiro atoms.